The lowest BCUT2D eigenvalue weighted by molar-refractivity contribution is 0.249. The van der Waals surface area contributed by atoms with Crippen LogP contribution in [0.1, 0.15) is 25.7 Å². The van der Waals surface area contributed by atoms with E-state index in [2.05, 4.69) is 104 Å². The number of imidazole rings is 2. The molecule has 0 radical (unpaired) electrons. The quantitative estimate of drug-likeness (QED) is 0.170. The molecule has 6 rings (SSSR count). The van der Waals surface area contributed by atoms with E-state index < -0.39 is 0 Å². The van der Waals surface area contributed by atoms with Crippen LogP contribution in [0.5, 0.6) is 0 Å². The van der Waals surface area contributed by atoms with Gasteiger partial charge in [-0.2, -0.15) is 4.99 Å². The monoisotopic (exact) mass is 658 g/mol. The molecule has 0 amide bonds. The van der Waals surface area contributed by atoms with Gasteiger partial charge in [-0.3, -0.25) is 9.13 Å². The van der Waals surface area contributed by atoms with E-state index in [1.54, 1.807) is 46.6 Å². The van der Waals surface area contributed by atoms with Crippen LogP contribution in [0.15, 0.2) is 91.0 Å². The van der Waals surface area contributed by atoms with E-state index in [1.165, 1.54) is 37.1 Å². The van der Waals surface area contributed by atoms with E-state index in [9.17, 15) is 0 Å². The Hall–Kier alpha value is -3.93. The molecule has 244 valence electrons. The third-order valence-corrected chi connectivity index (χ3v) is 9.00. The van der Waals surface area contributed by atoms with Crippen molar-refractivity contribution in [1.82, 2.24) is 28.9 Å². The summed E-state index contributed by atoms with van der Waals surface area (Å²) in [6.45, 7) is 4.54. The maximum Gasteiger partial charge on any atom is 0.190 e. The highest BCUT2D eigenvalue weighted by molar-refractivity contribution is 7.80. The molecule has 0 unspecified atom stereocenters. The summed E-state index contributed by atoms with van der Waals surface area (Å²) in [6.07, 6.45) is 15.2. The van der Waals surface area contributed by atoms with Gasteiger partial charge in [0.15, 0.2) is 5.11 Å². The second kappa shape index (κ2) is 17.7. The fourth-order valence-electron chi connectivity index (χ4n) is 5.63. The smallest absolute Gasteiger partial charge is 0.190 e. The normalized spacial score (nSPS) is 15.4. The molecule has 2 fully saturated rings. The number of anilines is 3. The standard InChI is InChI=1S/C14H19N3S.C13H21N3.C7H6N4S/c1-16(2)13-7-9-17(10-8-13)14-5-3-12(4-6-14)15-11-18;1-15(2)12-7-9-16(10-8-12)13-5-3-11(14)4-6-13;12-7(10-3-1-8-5-10)11-4-2-9-6-11/h3-6,13H,7-10H2,1-2H3;3-6,12H,7-10,14H2,1-2H3;1-6H. The summed E-state index contributed by atoms with van der Waals surface area (Å²) < 4.78 is 3.49. The zero-order valence-electron chi connectivity index (χ0n) is 27.3. The van der Waals surface area contributed by atoms with Crippen LogP contribution in [-0.4, -0.2) is 106 Å². The van der Waals surface area contributed by atoms with Crippen molar-refractivity contribution in [3.63, 3.8) is 0 Å². The number of hydrogen-bond donors (Lipinski definition) is 1. The number of isothiocyanates is 1. The van der Waals surface area contributed by atoms with Gasteiger partial charge in [0, 0.05) is 80.1 Å². The number of nitrogens with two attached hydrogens (primary N) is 1. The number of hydrogen-bond acceptors (Lipinski definition) is 10. The van der Waals surface area contributed by atoms with Crippen molar-refractivity contribution in [2.75, 3.05) is 69.9 Å². The van der Waals surface area contributed by atoms with E-state index in [4.69, 9.17) is 18.0 Å². The van der Waals surface area contributed by atoms with Gasteiger partial charge < -0.3 is 25.3 Å². The number of aliphatic imine (C=N–C) groups is 1. The van der Waals surface area contributed by atoms with Crippen molar-refractivity contribution in [1.29, 1.82) is 0 Å². The Morgan fingerprint density at radius 2 is 1.15 bits per heavy atom. The van der Waals surface area contributed by atoms with Crippen LogP contribution in [0.4, 0.5) is 22.7 Å². The van der Waals surface area contributed by atoms with Gasteiger partial charge in [-0.15, -0.1) is 0 Å². The van der Waals surface area contributed by atoms with Gasteiger partial charge in [0.1, 0.15) is 12.7 Å². The van der Waals surface area contributed by atoms with Crippen LogP contribution >= 0.6 is 24.4 Å². The Kier molecular flexibility index (Phi) is 13.4. The number of nitrogens with zero attached hydrogens (tertiary/aromatic N) is 9. The van der Waals surface area contributed by atoms with Gasteiger partial charge in [0.05, 0.1) is 10.8 Å². The second-order valence-corrected chi connectivity index (χ2v) is 12.4. The lowest BCUT2D eigenvalue weighted by atomic mass is 10.0. The Balaban J connectivity index is 0.000000160. The predicted molar refractivity (Wildman–Crippen MR) is 198 cm³/mol. The Morgan fingerprint density at radius 3 is 1.50 bits per heavy atom. The maximum absolute atomic E-state index is 5.69. The summed E-state index contributed by atoms with van der Waals surface area (Å²) in [7, 11) is 8.67. The minimum absolute atomic E-state index is 0.644. The molecule has 46 heavy (non-hydrogen) atoms. The van der Waals surface area contributed by atoms with Gasteiger partial charge in [-0.1, -0.05) is 0 Å². The minimum Gasteiger partial charge on any atom is -0.399 e. The summed E-state index contributed by atoms with van der Waals surface area (Å²) in [6, 6.07) is 17.9. The number of benzene rings is 2. The summed E-state index contributed by atoms with van der Waals surface area (Å²) >= 11 is 9.74. The summed E-state index contributed by atoms with van der Waals surface area (Å²) in [5.41, 5.74) is 9.98. The maximum atomic E-state index is 5.69. The molecule has 2 saturated heterocycles. The Bertz CT molecular complexity index is 1440. The number of nitrogen functional groups attached to an aromatic ring is 1. The highest BCUT2D eigenvalue weighted by atomic mass is 32.1. The van der Waals surface area contributed by atoms with Gasteiger partial charge in [0.2, 0.25) is 0 Å². The summed E-state index contributed by atoms with van der Waals surface area (Å²) in [5.74, 6) is 0. The third kappa shape index (κ3) is 10.3. The first kappa shape index (κ1) is 34.9. The first-order chi connectivity index (χ1) is 22.2. The lowest BCUT2D eigenvalue weighted by Gasteiger charge is -2.36. The summed E-state index contributed by atoms with van der Waals surface area (Å²) in [5, 5.41) is 3.03. The van der Waals surface area contributed by atoms with Crippen LogP contribution in [0.2, 0.25) is 0 Å². The first-order valence-corrected chi connectivity index (χ1v) is 16.4. The topological polar surface area (TPSA) is 87.0 Å². The molecule has 2 N–H and O–H groups in total. The van der Waals surface area contributed by atoms with E-state index in [0.717, 1.165) is 49.6 Å². The highest BCUT2D eigenvalue weighted by Crippen LogP contribution is 2.24. The van der Waals surface area contributed by atoms with Crippen LogP contribution in [-0.2, 0) is 0 Å². The average molecular weight is 659 g/mol. The third-order valence-electron chi connectivity index (χ3n) is 8.49. The van der Waals surface area contributed by atoms with E-state index in [0.29, 0.717) is 5.11 Å². The highest BCUT2D eigenvalue weighted by Gasteiger charge is 2.21. The Morgan fingerprint density at radius 1 is 0.739 bits per heavy atom. The van der Waals surface area contributed by atoms with Crippen molar-refractivity contribution < 1.29 is 0 Å². The Labute approximate surface area is 284 Å². The predicted octanol–water partition coefficient (Wildman–Crippen LogP) is 5.51. The van der Waals surface area contributed by atoms with Crippen LogP contribution in [0.25, 0.3) is 0 Å². The van der Waals surface area contributed by atoms with Gasteiger partial charge >= 0.3 is 0 Å². The molecule has 0 bridgehead atoms. The molecule has 4 aromatic rings. The fraction of sp³-hybridized carbons (Fsp3) is 0.412. The van der Waals surface area contributed by atoms with E-state index in [-0.39, 0.29) is 0 Å². The molecule has 0 atom stereocenters. The number of aromatic nitrogens is 4. The lowest BCUT2D eigenvalue weighted by Crippen LogP contribution is -2.41. The van der Waals surface area contributed by atoms with Crippen LogP contribution in [0.3, 0.4) is 0 Å². The molecule has 0 saturated carbocycles. The second-order valence-electron chi connectivity index (χ2n) is 11.9. The molecule has 4 heterocycles. The average Bonchev–Trinajstić information content (AvgIpc) is 3.82. The van der Waals surface area contributed by atoms with E-state index >= 15 is 0 Å². The van der Waals surface area contributed by atoms with Crippen LogP contribution < -0.4 is 15.5 Å². The minimum atomic E-state index is 0.644. The zero-order chi connectivity index (χ0) is 32.9. The molecule has 2 aliphatic rings. The van der Waals surface area contributed by atoms with Crippen molar-refractivity contribution in [3.05, 3.63) is 86.0 Å². The van der Waals surface area contributed by atoms with Gasteiger partial charge in [-0.25, -0.2) is 9.97 Å². The van der Waals surface area contributed by atoms with Crippen molar-refractivity contribution in [2.45, 2.75) is 37.8 Å². The molecule has 0 spiro atoms. The molecule has 10 nitrogen and oxygen atoms in total. The molecule has 2 aliphatic heterocycles. The largest absolute Gasteiger partial charge is 0.399 e. The molecule has 0 aliphatic carbocycles. The number of thiocarbonyl (C=S) groups is 2. The van der Waals surface area contributed by atoms with Crippen molar-refractivity contribution >= 4 is 57.5 Å². The molecular weight excluding hydrogens is 613 g/mol. The van der Waals surface area contributed by atoms with Gasteiger partial charge in [-0.05, 0) is 127 Å². The molecule has 12 heteroatoms. The summed E-state index contributed by atoms with van der Waals surface area (Å²) in [4.78, 5) is 21.3. The number of rotatable bonds is 5. The SMILES string of the molecule is CN(C)C1CCN(c2ccc(N)cc2)CC1.CN(C)C1CCN(c2ccc(N=C=S)cc2)CC1.S=C(n1ccnc1)n1ccnc1. The van der Waals surface area contributed by atoms with Crippen LogP contribution in [0, 0.1) is 0 Å². The van der Waals surface area contributed by atoms with Crippen molar-refractivity contribution in [3.8, 4) is 0 Å². The first-order valence-electron chi connectivity index (χ1n) is 15.6. The van der Waals surface area contributed by atoms with E-state index in [1.807, 2.05) is 24.3 Å². The molecular formula is C34H46N10S2. The molecule has 2 aromatic heterocycles. The fourth-order valence-corrected chi connectivity index (χ4v) is 5.96. The van der Waals surface area contributed by atoms with Crippen molar-refractivity contribution in [2.24, 2.45) is 4.99 Å². The number of piperidine rings is 2. The zero-order valence-corrected chi connectivity index (χ0v) is 28.9. The van der Waals surface area contributed by atoms with Gasteiger partial charge in [0.25, 0.3) is 0 Å². The molecule has 2 aromatic carbocycles.